The van der Waals surface area contributed by atoms with Crippen LogP contribution in [0.5, 0.6) is 0 Å². The molecule has 132 valence electrons. The minimum atomic E-state index is -1.43. The highest BCUT2D eigenvalue weighted by atomic mass is 19.2. The van der Waals surface area contributed by atoms with E-state index in [1.54, 1.807) is 18.6 Å². The lowest BCUT2D eigenvalue weighted by atomic mass is 10.1. The predicted octanol–water partition coefficient (Wildman–Crippen LogP) is 2.91. The number of fused-ring (bicyclic) bond motifs is 1. The first-order valence-corrected chi connectivity index (χ1v) is 8.06. The zero-order valence-corrected chi connectivity index (χ0v) is 13.7. The molecule has 3 heterocycles. The van der Waals surface area contributed by atoms with Crippen LogP contribution in [-0.2, 0) is 19.5 Å². The second-order valence-corrected chi connectivity index (χ2v) is 6.09. The van der Waals surface area contributed by atoms with Crippen LogP contribution < -0.4 is 0 Å². The van der Waals surface area contributed by atoms with E-state index in [1.165, 1.54) is 12.4 Å². The number of halogens is 3. The van der Waals surface area contributed by atoms with E-state index in [1.807, 2.05) is 4.90 Å². The highest BCUT2D eigenvalue weighted by Crippen LogP contribution is 2.23. The quantitative estimate of drug-likeness (QED) is 0.675. The fraction of sp³-hybridized carbons (Fsp3) is 0.222. The van der Waals surface area contributed by atoms with Crippen molar-refractivity contribution in [1.29, 1.82) is 0 Å². The van der Waals surface area contributed by atoms with Gasteiger partial charge in [-0.2, -0.15) is 0 Å². The van der Waals surface area contributed by atoms with Crippen LogP contribution in [0.15, 0.2) is 37.1 Å². The van der Waals surface area contributed by atoms with Gasteiger partial charge in [0.05, 0.1) is 11.3 Å². The van der Waals surface area contributed by atoms with Crippen LogP contribution in [0.4, 0.5) is 13.2 Å². The van der Waals surface area contributed by atoms with Gasteiger partial charge < -0.3 is 0 Å². The number of rotatable bonds is 3. The molecule has 1 aliphatic rings. The standard InChI is InChI=1S/C18H14F3N5/c19-14-2-1-11(16(20)17(14)21)8-26-4-3-15-13(9-26)7-24-18(25-15)12-5-22-10-23-6-12/h1-2,5-7,10H,3-4,8-9H2. The topological polar surface area (TPSA) is 54.8 Å². The van der Waals surface area contributed by atoms with Crippen LogP contribution >= 0.6 is 0 Å². The molecule has 3 aromatic rings. The summed E-state index contributed by atoms with van der Waals surface area (Å²) < 4.78 is 40.3. The summed E-state index contributed by atoms with van der Waals surface area (Å²) in [5, 5.41) is 0. The zero-order chi connectivity index (χ0) is 18.1. The maximum Gasteiger partial charge on any atom is 0.194 e. The van der Waals surface area contributed by atoms with Gasteiger partial charge in [-0.1, -0.05) is 6.07 Å². The summed E-state index contributed by atoms with van der Waals surface area (Å²) in [5.74, 6) is -3.19. The van der Waals surface area contributed by atoms with Crippen LogP contribution in [0, 0.1) is 17.5 Å². The Kier molecular flexibility index (Phi) is 4.34. The first kappa shape index (κ1) is 16.6. The molecule has 0 fully saturated rings. The molecule has 4 rings (SSSR count). The van der Waals surface area contributed by atoms with Crippen molar-refractivity contribution >= 4 is 0 Å². The maximum atomic E-state index is 13.9. The third kappa shape index (κ3) is 3.15. The van der Waals surface area contributed by atoms with Crippen LogP contribution in [-0.4, -0.2) is 31.4 Å². The summed E-state index contributed by atoms with van der Waals surface area (Å²) >= 11 is 0. The molecule has 2 aromatic heterocycles. The van der Waals surface area contributed by atoms with Gasteiger partial charge in [0.1, 0.15) is 6.33 Å². The fourth-order valence-electron chi connectivity index (χ4n) is 2.99. The first-order valence-electron chi connectivity index (χ1n) is 8.06. The highest BCUT2D eigenvalue weighted by Gasteiger charge is 2.21. The van der Waals surface area contributed by atoms with Gasteiger partial charge in [-0.15, -0.1) is 0 Å². The number of aromatic nitrogens is 4. The number of benzene rings is 1. The molecule has 0 unspecified atom stereocenters. The van der Waals surface area contributed by atoms with Gasteiger partial charge >= 0.3 is 0 Å². The molecule has 0 aliphatic carbocycles. The van der Waals surface area contributed by atoms with E-state index in [-0.39, 0.29) is 12.1 Å². The Morgan fingerprint density at radius 3 is 2.62 bits per heavy atom. The van der Waals surface area contributed by atoms with Crippen molar-refractivity contribution in [3.63, 3.8) is 0 Å². The van der Waals surface area contributed by atoms with Crippen molar-refractivity contribution in [1.82, 2.24) is 24.8 Å². The molecule has 8 heteroatoms. The normalized spacial score (nSPS) is 14.3. The summed E-state index contributed by atoms with van der Waals surface area (Å²) in [6.45, 7) is 1.34. The molecular formula is C18H14F3N5. The molecule has 0 bridgehead atoms. The van der Waals surface area contributed by atoms with Gasteiger partial charge in [0.15, 0.2) is 23.3 Å². The second kappa shape index (κ2) is 6.80. The summed E-state index contributed by atoms with van der Waals surface area (Å²) in [6, 6.07) is 2.22. The Labute approximate surface area is 147 Å². The summed E-state index contributed by atoms with van der Waals surface area (Å²) in [5.41, 5.74) is 2.72. The van der Waals surface area contributed by atoms with E-state index < -0.39 is 17.5 Å². The van der Waals surface area contributed by atoms with Crippen LogP contribution in [0.2, 0.25) is 0 Å². The molecule has 0 spiro atoms. The van der Waals surface area contributed by atoms with Crippen LogP contribution in [0.25, 0.3) is 11.4 Å². The van der Waals surface area contributed by atoms with Gasteiger partial charge in [-0.3, -0.25) is 4.90 Å². The minimum Gasteiger partial charge on any atom is -0.294 e. The van der Waals surface area contributed by atoms with Crippen molar-refractivity contribution in [3.05, 3.63) is 71.3 Å². The molecule has 5 nitrogen and oxygen atoms in total. The molecule has 0 atom stereocenters. The Hall–Kier alpha value is -2.87. The Morgan fingerprint density at radius 1 is 1.00 bits per heavy atom. The van der Waals surface area contributed by atoms with Crippen molar-refractivity contribution in [2.45, 2.75) is 19.5 Å². The fourth-order valence-corrected chi connectivity index (χ4v) is 2.99. The molecule has 0 saturated heterocycles. The second-order valence-electron chi connectivity index (χ2n) is 6.09. The average molecular weight is 357 g/mol. The van der Waals surface area contributed by atoms with Gasteiger partial charge in [-0.05, 0) is 6.07 Å². The van der Waals surface area contributed by atoms with Crippen molar-refractivity contribution in [2.24, 2.45) is 0 Å². The van der Waals surface area contributed by atoms with Gasteiger partial charge in [0.2, 0.25) is 0 Å². The average Bonchev–Trinajstić information content (AvgIpc) is 2.69. The lowest BCUT2D eigenvalue weighted by molar-refractivity contribution is 0.238. The van der Waals surface area contributed by atoms with Crippen molar-refractivity contribution < 1.29 is 13.2 Å². The lowest BCUT2D eigenvalue weighted by Crippen LogP contribution is -2.31. The van der Waals surface area contributed by atoms with E-state index in [0.717, 1.165) is 22.9 Å². The molecule has 0 saturated carbocycles. The highest BCUT2D eigenvalue weighted by molar-refractivity contribution is 5.52. The maximum absolute atomic E-state index is 13.9. The van der Waals surface area contributed by atoms with E-state index >= 15 is 0 Å². The summed E-state index contributed by atoms with van der Waals surface area (Å²) in [7, 11) is 0. The van der Waals surface area contributed by atoms with Crippen molar-refractivity contribution in [3.8, 4) is 11.4 Å². The summed E-state index contributed by atoms with van der Waals surface area (Å²) in [6.07, 6.45) is 7.13. The van der Waals surface area contributed by atoms with Gasteiger partial charge in [0.25, 0.3) is 0 Å². The third-order valence-electron chi connectivity index (χ3n) is 4.34. The smallest absolute Gasteiger partial charge is 0.194 e. The Balaban J connectivity index is 1.53. The van der Waals surface area contributed by atoms with Gasteiger partial charge in [0, 0.05) is 55.8 Å². The van der Waals surface area contributed by atoms with Crippen LogP contribution in [0.3, 0.4) is 0 Å². The Bertz CT molecular complexity index is 949. The molecule has 26 heavy (non-hydrogen) atoms. The van der Waals surface area contributed by atoms with Gasteiger partial charge in [-0.25, -0.2) is 33.1 Å². The van der Waals surface area contributed by atoms with E-state index in [4.69, 9.17) is 0 Å². The molecule has 1 aliphatic heterocycles. The third-order valence-corrected chi connectivity index (χ3v) is 4.34. The molecular weight excluding hydrogens is 343 g/mol. The summed E-state index contributed by atoms with van der Waals surface area (Å²) in [4.78, 5) is 18.8. The molecule has 0 amide bonds. The number of hydrogen-bond donors (Lipinski definition) is 0. The molecule has 0 radical (unpaired) electrons. The number of nitrogens with zero attached hydrogens (tertiary/aromatic N) is 5. The van der Waals surface area contributed by atoms with Crippen molar-refractivity contribution in [2.75, 3.05) is 6.54 Å². The molecule has 0 N–H and O–H groups in total. The Morgan fingerprint density at radius 2 is 1.81 bits per heavy atom. The minimum absolute atomic E-state index is 0.131. The van der Waals surface area contributed by atoms with E-state index in [9.17, 15) is 13.2 Å². The zero-order valence-electron chi connectivity index (χ0n) is 13.7. The van der Waals surface area contributed by atoms with E-state index in [0.29, 0.717) is 25.3 Å². The SMILES string of the molecule is Fc1ccc(CN2CCc3nc(-c4cncnc4)ncc3C2)c(F)c1F. The molecule has 1 aromatic carbocycles. The first-order chi connectivity index (χ1) is 12.6. The lowest BCUT2D eigenvalue weighted by Gasteiger charge is -2.28. The predicted molar refractivity (Wildman–Crippen MR) is 87.2 cm³/mol. The monoisotopic (exact) mass is 357 g/mol. The van der Waals surface area contributed by atoms with E-state index in [2.05, 4.69) is 19.9 Å². The number of hydrogen-bond acceptors (Lipinski definition) is 5. The largest absolute Gasteiger partial charge is 0.294 e. The van der Waals surface area contributed by atoms with Crippen LogP contribution in [0.1, 0.15) is 16.8 Å².